The Morgan fingerprint density at radius 1 is 1.38 bits per heavy atom. The molecule has 1 rings (SSSR count). The molecule has 70 valence electrons. The monoisotopic (exact) mass is 177 g/mol. The van der Waals surface area contributed by atoms with Crippen molar-refractivity contribution in [3.63, 3.8) is 0 Å². The second-order valence-corrected chi connectivity index (χ2v) is 3.35. The quantitative estimate of drug-likeness (QED) is 0.700. The molecule has 0 aliphatic carbocycles. The number of aromatic nitrogens is 2. The summed E-state index contributed by atoms with van der Waals surface area (Å²) in [6, 6.07) is -0.141. The minimum atomic E-state index is -0.141. The van der Waals surface area contributed by atoms with Crippen molar-refractivity contribution in [1.82, 2.24) is 9.97 Å². The fraction of sp³-hybridized carbons (Fsp3) is 0.400. The van der Waals surface area contributed by atoms with Gasteiger partial charge in [0.05, 0.1) is 23.6 Å². The maximum Gasteiger partial charge on any atom is 0.0793 e. The van der Waals surface area contributed by atoms with Crippen LogP contribution in [0.1, 0.15) is 31.3 Å². The zero-order valence-electron chi connectivity index (χ0n) is 8.28. The number of hydrogen-bond acceptors (Lipinski definition) is 3. The zero-order valence-corrected chi connectivity index (χ0v) is 8.28. The van der Waals surface area contributed by atoms with Crippen LogP contribution in [0.3, 0.4) is 0 Å². The van der Waals surface area contributed by atoms with Gasteiger partial charge in [-0.15, -0.1) is 0 Å². The molecule has 1 aromatic rings. The Morgan fingerprint density at radius 2 is 2.08 bits per heavy atom. The Kier molecular flexibility index (Phi) is 3.14. The third-order valence-electron chi connectivity index (χ3n) is 1.66. The molecular formula is C10H15N3. The highest BCUT2D eigenvalue weighted by molar-refractivity contribution is 5.13. The first kappa shape index (κ1) is 9.86. The maximum absolute atomic E-state index is 5.87. The number of nitrogens with two attached hydrogens (primary N) is 1. The van der Waals surface area contributed by atoms with Crippen molar-refractivity contribution in [2.75, 3.05) is 0 Å². The van der Waals surface area contributed by atoms with Crippen molar-refractivity contribution in [2.45, 2.75) is 26.8 Å². The van der Waals surface area contributed by atoms with Crippen molar-refractivity contribution in [2.24, 2.45) is 5.73 Å². The van der Waals surface area contributed by atoms with Gasteiger partial charge in [0.15, 0.2) is 0 Å². The van der Waals surface area contributed by atoms with Crippen LogP contribution in [0.15, 0.2) is 24.0 Å². The third-order valence-corrected chi connectivity index (χ3v) is 1.66. The van der Waals surface area contributed by atoms with Crippen LogP contribution in [0.25, 0.3) is 0 Å². The van der Waals surface area contributed by atoms with Crippen LogP contribution in [0, 0.1) is 6.92 Å². The van der Waals surface area contributed by atoms with Gasteiger partial charge in [0.2, 0.25) is 0 Å². The van der Waals surface area contributed by atoms with E-state index in [-0.39, 0.29) is 6.04 Å². The van der Waals surface area contributed by atoms with Crippen molar-refractivity contribution < 1.29 is 0 Å². The number of rotatable bonds is 2. The molecule has 1 heterocycles. The highest BCUT2D eigenvalue weighted by Crippen LogP contribution is 2.09. The van der Waals surface area contributed by atoms with Crippen molar-refractivity contribution in [1.29, 1.82) is 0 Å². The van der Waals surface area contributed by atoms with Gasteiger partial charge in [0, 0.05) is 6.20 Å². The van der Waals surface area contributed by atoms with E-state index in [4.69, 9.17) is 5.73 Å². The van der Waals surface area contributed by atoms with Crippen LogP contribution in [0.2, 0.25) is 0 Å². The second kappa shape index (κ2) is 4.14. The summed E-state index contributed by atoms with van der Waals surface area (Å²) < 4.78 is 0. The van der Waals surface area contributed by atoms with E-state index < -0.39 is 0 Å². The summed E-state index contributed by atoms with van der Waals surface area (Å²) in [5, 5.41) is 0. The summed E-state index contributed by atoms with van der Waals surface area (Å²) in [5.41, 5.74) is 8.78. The van der Waals surface area contributed by atoms with E-state index in [1.54, 1.807) is 12.4 Å². The summed E-state index contributed by atoms with van der Waals surface area (Å²) >= 11 is 0. The molecule has 1 aromatic heterocycles. The van der Waals surface area contributed by atoms with E-state index in [0.717, 1.165) is 11.4 Å². The molecule has 0 saturated carbocycles. The van der Waals surface area contributed by atoms with Crippen LogP contribution in [0.4, 0.5) is 0 Å². The van der Waals surface area contributed by atoms with E-state index in [2.05, 4.69) is 9.97 Å². The fourth-order valence-corrected chi connectivity index (χ4v) is 1.02. The average Bonchev–Trinajstić information content (AvgIpc) is 2.04. The lowest BCUT2D eigenvalue weighted by Crippen LogP contribution is -2.10. The molecule has 13 heavy (non-hydrogen) atoms. The number of allylic oxidation sites excluding steroid dienone is 1. The lowest BCUT2D eigenvalue weighted by Gasteiger charge is -2.05. The summed E-state index contributed by atoms with van der Waals surface area (Å²) in [4.78, 5) is 8.33. The first-order valence-corrected chi connectivity index (χ1v) is 4.28. The first-order valence-electron chi connectivity index (χ1n) is 4.28. The van der Waals surface area contributed by atoms with Gasteiger partial charge in [-0.25, -0.2) is 0 Å². The molecule has 3 nitrogen and oxygen atoms in total. The molecule has 0 spiro atoms. The van der Waals surface area contributed by atoms with Crippen LogP contribution < -0.4 is 5.73 Å². The van der Waals surface area contributed by atoms with E-state index >= 15 is 0 Å². The molecule has 0 bridgehead atoms. The van der Waals surface area contributed by atoms with Crippen molar-refractivity contribution >= 4 is 0 Å². The van der Waals surface area contributed by atoms with E-state index in [9.17, 15) is 0 Å². The Hall–Kier alpha value is -1.22. The van der Waals surface area contributed by atoms with Gasteiger partial charge in [-0.2, -0.15) is 0 Å². The molecule has 0 aliphatic rings. The summed E-state index contributed by atoms with van der Waals surface area (Å²) in [6.07, 6.45) is 5.42. The Bertz CT molecular complexity index is 296. The number of hydrogen-bond donors (Lipinski definition) is 1. The standard InChI is InChI=1S/C10H15N3/c1-7(2)4-9(11)10-6-12-8(3)5-13-10/h4-6,9H,11H2,1-3H3. The van der Waals surface area contributed by atoms with Gasteiger partial charge >= 0.3 is 0 Å². The first-order chi connectivity index (χ1) is 6.09. The SMILES string of the molecule is CC(C)=CC(N)c1cnc(C)cn1. The van der Waals surface area contributed by atoms with Gasteiger partial charge in [-0.05, 0) is 20.8 Å². The second-order valence-electron chi connectivity index (χ2n) is 3.35. The smallest absolute Gasteiger partial charge is 0.0793 e. The molecule has 0 amide bonds. The Morgan fingerprint density at radius 3 is 2.54 bits per heavy atom. The molecular weight excluding hydrogens is 162 g/mol. The molecule has 0 fully saturated rings. The van der Waals surface area contributed by atoms with E-state index in [0.29, 0.717) is 0 Å². The molecule has 2 N–H and O–H groups in total. The maximum atomic E-state index is 5.87. The van der Waals surface area contributed by atoms with Gasteiger partial charge in [-0.1, -0.05) is 11.6 Å². The van der Waals surface area contributed by atoms with E-state index in [1.807, 2.05) is 26.8 Å². The topological polar surface area (TPSA) is 51.8 Å². The average molecular weight is 177 g/mol. The lowest BCUT2D eigenvalue weighted by molar-refractivity contribution is 0.834. The highest BCUT2D eigenvalue weighted by Gasteiger charge is 2.03. The van der Waals surface area contributed by atoms with Crippen molar-refractivity contribution in [3.8, 4) is 0 Å². The summed E-state index contributed by atoms with van der Waals surface area (Å²) in [7, 11) is 0. The van der Waals surface area contributed by atoms with Crippen LogP contribution >= 0.6 is 0 Å². The lowest BCUT2D eigenvalue weighted by atomic mass is 10.1. The number of nitrogens with zero attached hydrogens (tertiary/aromatic N) is 2. The predicted octanol–water partition coefficient (Wildman–Crippen LogP) is 1.75. The van der Waals surface area contributed by atoms with Crippen molar-refractivity contribution in [3.05, 3.63) is 35.4 Å². The normalized spacial score (nSPS) is 12.3. The molecule has 0 aromatic carbocycles. The molecule has 1 unspecified atom stereocenters. The zero-order chi connectivity index (χ0) is 9.84. The van der Waals surface area contributed by atoms with Crippen LogP contribution in [-0.4, -0.2) is 9.97 Å². The Labute approximate surface area is 78.7 Å². The Balaban J connectivity index is 2.83. The minimum absolute atomic E-state index is 0.141. The number of aryl methyl sites for hydroxylation is 1. The van der Waals surface area contributed by atoms with Gasteiger partial charge < -0.3 is 5.73 Å². The minimum Gasteiger partial charge on any atom is -0.319 e. The fourth-order valence-electron chi connectivity index (χ4n) is 1.02. The predicted molar refractivity (Wildman–Crippen MR) is 53.1 cm³/mol. The van der Waals surface area contributed by atoms with Crippen LogP contribution in [0.5, 0.6) is 0 Å². The molecule has 3 heteroatoms. The summed E-state index contributed by atoms with van der Waals surface area (Å²) in [6.45, 7) is 5.94. The van der Waals surface area contributed by atoms with Gasteiger partial charge in [0.1, 0.15) is 0 Å². The largest absolute Gasteiger partial charge is 0.319 e. The van der Waals surface area contributed by atoms with Gasteiger partial charge in [-0.3, -0.25) is 9.97 Å². The van der Waals surface area contributed by atoms with Gasteiger partial charge in [0.25, 0.3) is 0 Å². The third kappa shape index (κ3) is 2.95. The van der Waals surface area contributed by atoms with E-state index in [1.165, 1.54) is 5.57 Å². The highest BCUT2D eigenvalue weighted by atomic mass is 14.8. The summed E-state index contributed by atoms with van der Waals surface area (Å²) in [5.74, 6) is 0. The molecule has 0 saturated heterocycles. The molecule has 0 radical (unpaired) electrons. The molecule has 1 atom stereocenters. The molecule has 0 aliphatic heterocycles. The van der Waals surface area contributed by atoms with Crippen LogP contribution in [-0.2, 0) is 0 Å².